The minimum Gasteiger partial charge on any atom is -0.478 e. The third kappa shape index (κ3) is 1.64. The molecule has 4 heteroatoms. The normalized spacial score (nSPS) is 9.92. The van der Waals surface area contributed by atoms with Gasteiger partial charge in [-0.05, 0) is 40.5 Å². The van der Waals surface area contributed by atoms with E-state index in [9.17, 15) is 4.79 Å². The van der Waals surface area contributed by atoms with Gasteiger partial charge in [0.05, 0.1) is 5.56 Å². The van der Waals surface area contributed by atoms with E-state index < -0.39 is 5.97 Å². The van der Waals surface area contributed by atoms with Crippen LogP contribution in [0.5, 0.6) is 0 Å². The van der Waals surface area contributed by atoms with Gasteiger partial charge in [0, 0.05) is 9.37 Å². The number of aromatic carboxylic acids is 1. The zero-order valence-electron chi connectivity index (χ0n) is 6.34. The zero-order valence-corrected chi connectivity index (χ0v) is 8.82. The second-order valence-electron chi connectivity index (χ2n) is 2.37. The molecular weight excluding hydrogens is 240 g/mol. The van der Waals surface area contributed by atoms with Crippen molar-refractivity contribution in [3.63, 3.8) is 0 Å². The maximum atomic E-state index is 10.6. The standard InChI is InChI=1S/C8H7BrO2S/c1-4-5(8(10)11)2-3-6(9)7(4)12/h2-3,12H,1H3,(H,10,11). The molecule has 0 aliphatic carbocycles. The number of carbonyl (C=O) groups is 1. The first-order valence-corrected chi connectivity index (χ1v) is 4.49. The van der Waals surface area contributed by atoms with Gasteiger partial charge >= 0.3 is 5.97 Å². The fourth-order valence-corrected chi connectivity index (χ4v) is 1.52. The topological polar surface area (TPSA) is 37.3 Å². The smallest absolute Gasteiger partial charge is 0.335 e. The van der Waals surface area contributed by atoms with Crippen molar-refractivity contribution in [3.05, 3.63) is 27.7 Å². The van der Waals surface area contributed by atoms with Crippen LogP contribution >= 0.6 is 28.6 Å². The highest BCUT2D eigenvalue weighted by atomic mass is 79.9. The van der Waals surface area contributed by atoms with E-state index in [2.05, 4.69) is 28.6 Å². The highest BCUT2D eigenvalue weighted by Crippen LogP contribution is 2.26. The molecule has 1 rings (SSSR count). The lowest BCUT2D eigenvalue weighted by molar-refractivity contribution is 0.0696. The lowest BCUT2D eigenvalue weighted by Crippen LogP contribution is -2.00. The first kappa shape index (κ1) is 9.61. The van der Waals surface area contributed by atoms with Gasteiger partial charge in [-0.1, -0.05) is 0 Å². The molecule has 0 saturated heterocycles. The van der Waals surface area contributed by atoms with Crippen LogP contribution in [0.25, 0.3) is 0 Å². The number of hydrogen-bond donors (Lipinski definition) is 2. The SMILES string of the molecule is Cc1c(C(=O)O)ccc(Br)c1S. The number of carboxylic acids is 1. The summed E-state index contributed by atoms with van der Waals surface area (Å²) in [5.41, 5.74) is 0.975. The Labute approximate surface area is 84.1 Å². The van der Waals surface area contributed by atoms with Crippen LogP contribution in [0.1, 0.15) is 15.9 Å². The fraction of sp³-hybridized carbons (Fsp3) is 0.125. The summed E-state index contributed by atoms with van der Waals surface area (Å²) >= 11 is 7.43. The monoisotopic (exact) mass is 246 g/mol. The van der Waals surface area contributed by atoms with Crippen molar-refractivity contribution < 1.29 is 9.90 Å². The molecule has 1 N–H and O–H groups in total. The minimum atomic E-state index is -0.921. The van der Waals surface area contributed by atoms with Crippen LogP contribution in [0.2, 0.25) is 0 Å². The summed E-state index contributed by atoms with van der Waals surface area (Å²) in [5, 5.41) is 8.73. The van der Waals surface area contributed by atoms with Gasteiger partial charge in [0.1, 0.15) is 0 Å². The quantitative estimate of drug-likeness (QED) is 0.748. The Balaban J connectivity index is 3.36. The van der Waals surface area contributed by atoms with Gasteiger partial charge in [-0.15, -0.1) is 12.6 Å². The van der Waals surface area contributed by atoms with E-state index in [0.717, 1.165) is 4.47 Å². The highest BCUT2D eigenvalue weighted by molar-refractivity contribution is 9.10. The molecule has 0 atom stereocenters. The maximum absolute atomic E-state index is 10.6. The summed E-state index contributed by atoms with van der Waals surface area (Å²) in [5.74, 6) is -0.921. The maximum Gasteiger partial charge on any atom is 0.335 e. The molecule has 0 aliphatic heterocycles. The molecule has 1 aromatic carbocycles. The predicted molar refractivity (Wildman–Crippen MR) is 53.1 cm³/mol. The van der Waals surface area contributed by atoms with Crippen molar-refractivity contribution in [2.24, 2.45) is 0 Å². The van der Waals surface area contributed by atoms with Crippen molar-refractivity contribution in [2.45, 2.75) is 11.8 Å². The van der Waals surface area contributed by atoms with E-state index in [4.69, 9.17) is 5.11 Å². The predicted octanol–water partition coefficient (Wildman–Crippen LogP) is 2.74. The Hall–Kier alpha value is -0.480. The van der Waals surface area contributed by atoms with E-state index in [1.807, 2.05) is 0 Å². The summed E-state index contributed by atoms with van der Waals surface area (Å²) in [7, 11) is 0. The molecule has 1 aromatic rings. The van der Waals surface area contributed by atoms with Crippen LogP contribution in [-0.2, 0) is 0 Å². The Morgan fingerprint density at radius 1 is 1.58 bits per heavy atom. The molecule has 0 bridgehead atoms. The molecule has 0 radical (unpaired) electrons. The number of halogens is 1. The molecule has 0 heterocycles. The summed E-state index contributed by atoms with van der Waals surface area (Å²) in [4.78, 5) is 11.3. The second kappa shape index (κ2) is 3.49. The molecule has 12 heavy (non-hydrogen) atoms. The molecule has 0 aromatic heterocycles. The minimum absolute atomic E-state index is 0.295. The first-order chi connectivity index (χ1) is 5.54. The van der Waals surface area contributed by atoms with E-state index in [1.54, 1.807) is 19.1 Å². The van der Waals surface area contributed by atoms with E-state index >= 15 is 0 Å². The molecule has 2 nitrogen and oxygen atoms in total. The average Bonchev–Trinajstić information content (AvgIpc) is 2.00. The van der Waals surface area contributed by atoms with Crippen LogP contribution in [0.4, 0.5) is 0 Å². The Kier molecular flexibility index (Phi) is 2.80. The number of hydrogen-bond acceptors (Lipinski definition) is 2. The Morgan fingerprint density at radius 2 is 2.17 bits per heavy atom. The largest absolute Gasteiger partial charge is 0.478 e. The van der Waals surface area contributed by atoms with Crippen molar-refractivity contribution in [2.75, 3.05) is 0 Å². The van der Waals surface area contributed by atoms with Gasteiger partial charge in [0.2, 0.25) is 0 Å². The number of rotatable bonds is 1. The van der Waals surface area contributed by atoms with Crippen LogP contribution in [0.3, 0.4) is 0 Å². The number of carboxylic acid groups (broad SMARTS) is 1. The number of thiol groups is 1. The van der Waals surface area contributed by atoms with Crippen molar-refractivity contribution in [3.8, 4) is 0 Å². The molecular formula is C8H7BrO2S. The Bertz CT molecular complexity index is 336. The van der Waals surface area contributed by atoms with Gasteiger partial charge < -0.3 is 5.11 Å². The van der Waals surface area contributed by atoms with Crippen LogP contribution in [0.15, 0.2) is 21.5 Å². The molecule has 0 aliphatic rings. The first-order valence-electron chi connectivity index (χ1n) is 3.25. The summed E-state index contributed by atoms with van der Waals surface area (Å²) < 4.78 is 0.813. The van der Waals surface area contributed by atoms with Crippen LogP contribution in [0, 0.1) is 6.92 Å². The van der Waals surface area contributed by atoms with E-state index in [0.29, 0.717) is 16.0 Å². The second-order valence-corrected chi connectivity index (χ2v) is 3.68. The lowest BCUT2D eigenvalue weighted by Gasteiger charge is -2.04. The van der Waals surface area contributed by atoms with Crippen molar-refractivity contribution >= 4 is 34.5 Å². The van der Waals surface area contributed by atoms with Gasteiger partial charge in [0.25, 0.3) is 0 Å². The molecule has 64 valence electrons. The van der Waals surface area contributed by atoms with E-state index in [-0.39, 0.29) is 0 Å². The highest BCUT2D eigenvalue weighted by Gasteiger charge is 2.10. The molecule has 0 spiro atoms. The fourth-order valence-electron chi connectivity index (χ4n) is 0.899. The summed E-state index contributed by atoms with van der Waals surface area (Å²) in [6.45, 7) is 1.73. The number of benzene rings is 1. The molecule has 0 unspecified atom stereocenters. The summed E-state index contributed by atoms with van der Waals surface area (Å²) in [6, 6.07) is 3.24. The van der Waals surface area contributed by atoms with Gasteiger partial charge in [0.15, 0.2) is 0 Å². The van der Waals surface area contributed by atoms with Gasteiger partial charge in [-0.25, -0.2) is 4.79 Å². The average molecular weight is 247 g/mol. The third-order valence-electron chi connectivity index (χ3n) is 1.61. The van der Waals surface area contributed by atoms with Crippen LogP contribution < -0.4 is 0 Å². The van der Waals surface area contributed by atoms with E-state index in [1.165, 1.54) is 0 Å². The summed E-state index contributed by atoms with van der Waals surface area (Å²) in [6.07, 6.45) is 0. The Morgan fingerprint density at radius 3 is 2.67 bits per heavy atom. The lowest BCUT2D eigenvalue weighted by atomic mass is 10.1. The zero-order chi connectivity index (χ0) is 9.30. The van der Waals surface area contributed by atoms with Gasteiger partial charge in [-0.3, -0.25) is 0 Å². The van der Waals surface area contributed by atoms with Gasteiger partial charge in [-0.2, -0.15) is 0 Å². The van der Waals surface area contributed by atoms with Crippen LogP contribution in [-0.4, -0.2) is 11.1 Å². The third-order valence-corrected chi connectivity index (χ3v) is 3.16. The van der Waals surface area contributed by atoms with Crippen molar-refractivity contribution in [1.82, 2.24) is 0 Å². The molecule has 0 saturated carbocycles. The van der Waals surface area contributed by atoms with Crippen molar-refractivity contribution in [1.29, 1.82) is 0 Å². The molecule has 0 fully saturated rings. The molecule has 0 amide bonds.